The van der Waals surface area contributed by atoms with Crippen molar-refractivity contribution in [2.45, 2.75) is 11.8 Å². The third-order valence-corrected chi connectivity index (χ3v) is 3.85. The van der Waals surface area contributed by atoms with E-state index >= 15 is 0 Å². The lowest BCUT2D eigenvalue weighted by Gasteiger charge is -2.09. The fraction of sp³-hybridized carbons (Fsp3) is 0.200. The van der Waals surface area contributed by atoms with Gasteiger partial charge in [0.1, 0.15) is 4.90 Å². The fourth-order valence-electron chi connectivity index (χ4n) is 1.62. The molecule has 102 valence electrons. The van der Waals surface area contributed by atoms with E-state index in [9.17, 15) is 8.42 Å². The lowest BCUT2D eigenvalue weighted by atomic mass is 10.4. The lowest BCUT2D eigenvalue weighted by molar-refractivity contribution is 0.601. The highest BCUT2D eigenvalue weighted by Gasteiger charge is 2.20. The highest BCUT2D eigenvalue weighted by atomic mass is 32.2. The van der Waals surface area contributed by atoms with E-state index in [4.69, 9.17) is 5.84 Å². The summed E-state index contributed by atoms with van der Waals surface area (Å²) in [4.78, 5) is 3.83. The van der Waals surface area contributed by atoms with Gasteiger partial charge in [0.2, 0.25) is 0 Å². The number of anilines is 2. The van der Waals surface area contributed by atoms with Gasteiger partial charge in [-0.3, -0.25) is 9.40 Å². The zero-order valence-corrected chi connectivity index (χ0v) is 11.3. The van der Waals surface area contributed by atoms with Crippen LogP contribution in [0.15, 0.2) is 29.4 Å². The Bertz CT molecular complexity index is 694. The molecule has 19 heavy (non-hydrogen) atoms. The summed E-state index contributed by atoms with van der Waals surface area (Å²) in [6.07, 6.45) is 3.03. The summed E-state index contributed by atoms with van der Waals surface area (Å²) in [6, 6.07) is 2.93. The molecular formula is C10H14N6O2S. The Morgan fingerprint density at radius 1 is 1.42 bits per heavy atom. The first-order valence-corrected chi connectivity index (χ1v) is 6.87. The van der Waals surface area contributed by atoms with Crippen LogP contribution in [-0.2, 0) is 17.1 Å². The predicted octanol–water partition coefficient (Wildman–Crippen LogP) is 0.210. The van der Waals surface area contributed by atoms with E-state index < -0.39 is 10.0 Å². The summed E-state index contributed by atoms with van der Waals surface area (Å²) in [5.41, 5.74) is 3.25. The number of hydrogen-bond donors (Lipinski definition) is 3. The minimum Gasteiger partial charge on any atom is -0.307 e. The number of hydrazine groups is 1. The Morgan fingerprint density at radius 3 is 2.74 bits per heavy atom. The molecule has 0 aliphatic rings. The highest BCUT2D eigenvalue weighted by Crippen LogP contribution is 2.22. The quantitative estimate of drug-likeness (QED) is 0.545. The zero-order valence-electron chi connectivity index (χ0n) is 10.5. The van der Waals surface area contributed by atoms with Crippen molar-refractivity contribution in [2.75, 3.05) is 10.1 Å². The summed E-state index contributed by atoms with van der Waals surface area (Å²) in [6.45, 7) is 1.71. The molecule has 0 radical (unpaired) electrons. The third-order valence-electron chi connectivity index (χ3n) is 2.45. The molecule has 0 spiro atoms. The molecule has 2 heterocycles. The van der Waals surface area contributed by atoms with E-state index in [-0.39, 0.29) is 10.7 Å². The number of nitrogens with two attached hydrogens (primary N) is 1. The molecule has 4 N–H and O–H groups in total. The third kappa shape index (κ3) is 2.66. The van der Waals surface area contributed by atoms with Crippen LogP contribution in [0, 0.1) is 6.92 Å². The van der Waals surface area contributed by atoms with Gasteiger partial charge in [-0.15, -0.1) is 0 Å². The number of nitrogens with one attached hydrogen (secondary N) is 2. The predicted molar refractivity (Wildman–Crippen MR) is 70.8 cm³/mol. The number of hydrogen-bond acceptors (Lipinski definition) is 6. The highest BCUT2D eigenvalue weighted by molar-refractivity contribution is 7.92. The van der Waals surface area contributed by atoms with Gasteiger partial charge < -0.3 is 5.43 Å². The standard InChI is InChI=1S/C10H14N6O2S/c1-7-8(6-16(2)14-7)15-19(17,18)9-4-3-5-12-10(9)13-11/h3-6,15H,11H2,1-2H3,(H,12,13). The van der Waals surface area contributed by atoms with Crippen molar-refractivity contribution in [1.29, 1.82) is 0 Å². The summed E-state index contributed by atoms with van der Waals surface area (Å²) >= 11 is 0. The van der Waals surface area contributed by atoms with Gasteiger partial charge in [-0.25, -0.2) is 19.2 Å². The van der Waals surface area contributed by atoms with Crippen molar-refractivity contribution in [3.05, 3.63) is 30.2 Å². The van der Waals surface area contributed by atoms with E-state index in [1.165, 1.54) is 23.0 Å². The number of sulfonamides is 1. The maximum Gasteiger partial charge on any atom is 0.265 e. The zero-order chi connectivity index (χ0) is 14.0. The average Bonchev–Trinajstić information content (AvgIpc) is 2.67. The molecular weight excluding hydrogens is 268 g/mol. The smallest absolute Gasteiger partial charge is 0.265 e. The van der Waals surface area contributed by atoms with Crippen LogP contribution in [0.1, 0.15) is 5.69 Å². The van der Waals surface area contributed by atoms with Crippen LogP contribution >= 0.6 is 0 Å². The van der Waals surface area contributed by atoms with Gasteiger partial charge >= 0.3 is 0 Å². The summed E-state index contributed by atoms with van der Waals surface area (Å²) < 4.78 is 28.5. The molecule has 8 nitrogen and oxygen atoms in total. The Labute approximate surface area is 110 Å². The van der Waals surface area contributed by atoms with Crippen LogP contribution in [0.25, 0.3) is 0 Å². The molecule has 0 aromatic carbocycles. The molecule has 0 saturated heterocycles. The maximum absolute atomic E-state index is 12.3. The first kappa shape index (κ1) is 13.3. The molecule has 0 aliphatic carbocycles. The molecule has 0 fully saturated rings. The van der Waals surface area contributed by atoms with Gasteiger partial charge in [0, 0.05) is 19.4 Å². The topological polar surface area (TPSA) is 115 Å². The second kappa shape index (κ2) is 4.86. The van der Waals surface area contributed by atoms with Crippen molar-refractivity contribution >= 4 is 21.5 Å². The first-order valence-electron chi connectivity index (χ1n) is 5.39. The van der Waals surface area contributed by atoms with Crippen molar-refractivity contribution in [3.63, 3.8) is 0 Å². The van der Waals surface area contributed by atoms with E-state index in [1.807, 2.05) is 0 Å². The Morgan fingerprint density at radius 2 is 2.16 bits per heavy atom. The molecule has 0 bridgehead atoms. The molecule has 2 rings (SSSR count). The van der Waals surface area contributed by atoms with Gasteiger partial charge in [0.25, 0.3) is 10.0 Å². The van der Waals surface area contributed by atoms with Gasteiger partial charge in [-0.05, 0) is 19.1 Å². The Hall–Kier alpha value is -2.13. The summed E-state index contributed by atoms with van der Waals surface area (Å²) in [5.74, 6) is 5.33. The first-order chi connectivity index (χ1) is 8.94. The van der Waals surface area contributed by atoms with E-state index in [2.05, 4.69) is 20.2 Å². The number of pyridine rings is 1. The number of nitrogens with zero attached hydrogens (tertiary/aromatic N) is 3. The van der Waals surface area contributed by atoms with Gasteiger partial charge in [-0.1, -0.05) is 0 Å². The molecule has 0 amide bonds. The average molecular weight is 282 g/mol. The molecule has 0 aliphatic heterocycles. The second-order valence-corrected chi connectivity index (χ2v) is 5.55. The van der Waals surface area contributed by atoms with E-state index in [1.54, 1.807) is 20.2 Å². The fourth-order valence-corrected chi connectivity index (χ4v) is 2.84. The van der Waals surface area contributed by atoms with Crippen LogP contribution in [0.4, 0.5) is 11.5 Å². The van der Waals surface area contributed by atoms with Crippen LogP contribution in [0.5, 0.6) is 0 Å². The molecule has 0 saturated carbocycles. The van der Waals surface area contributed by atoms with E-state index in [0.29, 0.717) is 11.4 Å². The monoisotopic (exact) mass is 282 g/mol. The van der Waals surface area contributed by atoms with Gasteiger partial charge in [0.15, 0.2) is 5.82 Å². The molecule has 2 aromatic rings. The number of rotatable bonds is 4. The van der Waals surface area contributed by atoms with Crippen molar-refractivity contribution in [2.24, 2.45) is 12.9 Å². The minimum absolute atomic E-state index is 0.0271. The molecule has 0 atom stereocenters. The second-order valence-electron chi connectivity index (χ2n) is 3.90. The largest absolute Gasteiger partial charge is 0.307 e. The lowest BCUT2D eigenvalue weighted by Crippen LogP contribution is -2.18. The normalized spacial score (nSPS) is 11.3. The Kier molecular flexibility index (Phi) is 3.40. The summed E-state index contributed by atoms with van der Waals surface area (Å²) in [5, 5.41) is 4.07. The van der Waals surface area contributed by atoms with Crippen molar-refractivity contribution in [1.82, 2.24) is 14.8 Å². The minimum atomic E-state index is -3.77. The number of nitrogen functional groups attached to an aromatic ring is 1. The SMILES string of the molecule is Cc1nn(C)cc1NS(=O)(=O)c1cccnc1NN. The Balaban J connectivity index is 2.40. The molecule has 2 aromatic heterocycles. The van der Waals surface area contributed by atoms with Crippen LogP contribution in [0.2, 0.25) is 0 Å². The molecule has 9 heteroatoms. The van der Waals surface area contributed by atoms with Crippen LogP contribution in [-0.4, -0.2) is 23.2 Å². The van der Waals surface area contributed by atoms with Crippen LogP contribution < -0.4 is 16.0 Å². The van der Waals surface area contributed by atoms with Crippen molar-refractivity contribution in [3.8, 4) is 0 Å². The number of aryl methyl sites for hydroxylation is 2. The summed E-state index contributed by atoms with van der Waals surface area (Å²) in [7, 11) is -2.06. The van der Waals surface area contributed by atoms with Crippen LogP contribution in [0.3, 0.4) is 0 Å². The van der Waals surface area contributed by atoms with Crippen molar-refractivity contribution < 1.29 is 8.42 Å². The maximum atomic E-state index is 12.3. The number of aromatic nitrogens is 3. The molecule has 0 unspecified atom stereocenters. The van der Waals surface area contributed by atoms with Gasteiger partial charge in [0.05, 0.1) is 11.4 Å². The van der Waals surface area contributed by atoms with Gasteiger partial charge in [-0.2, -0.15) is 5.10 Å². The van der Waals surface area contributed by atoms with E-state index in [0.717, 1.165) is 0 Å².